The molecule has 0 atom stereocenters. The number of aromatic nitrogens is 2. The van der Waals surface area contributed by atoms with E-state index < -0.39 is 5.97 Å². The van der Waals surface area contributed by atoms with E-state index in [2.05, 4.69) is 5.10 Å². The third-order valence-corrected chi connectivity index (χ3v) is 3.35. The molecular formula is C16H13FN2O3. The Hall–Kier alpha value is -2.89. The number of carboxylic acids is 1. The topological polar surface area (TPSA) is 63.8 Å². The van der Waals surface area contributed by atoms with Crippen LogP contribution in [0.3, 0.4) is 0 Å². The van der Waals surface area contributed by atoms with Crippen molar-refractivity contribution in [1.29, 1.82) is 0 Å². The fourth-order valence-electron chi connectivity index (χ4n) is 2.27. The van der Waals surface area contributed by atoms with Gasteiger partial charge in [-0.3, -0.25) is 0 Å². The molecule has 3 rings (SSSR count). The van der Waals surface area contributed by atoms with Crippen molar-refractivity contribution in [1.82, 2.24) is 9.61 Å². The molecule has 0 unspecified atom stereocenters. The Bertz CT molecular complexity index is 858. The van der Waals surface area contributed by atoms with Crippen LogP contribution in [0, 0.1) is 12.7 Å². The highest BCUT2D eigenvalue weighted by molar-refractivity contribution is 5.97. The predicted octanol–water partition coefficient (Wildman–Crippen LogP) is 3.06. The lowest BCUT2D eigenvalue weighted by Gasteiger charge is -2.07. The molecule has 0 amide bonds. The van der Waals surface area contributed by atoms with Crippen LogP contribution >= 0.6 is 0 Å². The third-order valence-electron chi connectivity index (χ3n) is 3.35. The first-order valence-electron chi connectivity index (χ1n) is 6.65. The van der Waals surface area contributed by atoms with E-state index in [0.29, 0.717) is 22.5 Å². The second-order valence-electron chi connectivity index (χ2n) is 4.84. The van der Waals surface area contributed by atoms with Gasteiger partial charge in [0.1, 0.15) is 23.7 Å². The van der Waals surface area contributed by atoms with Gasteiger partial charge in [-0.15, -0.1) is 0 Å². The standard InChI is InChI=1S/C16H13FN2O3/c1-10-15(16(20)21)14-8-12(6-7-19(14)18-10)22-9-11-4-2-3-5-13(11)17/h2-8H,9H2,1H3,(H,20,21). The van der Waals surface area contributed by atoms with Crippen LogP contribution in [0.2, 0.25) is 0 Å². The third kappa shape index (κ3) is 2.50. The van der Waals surface area contributed by atoms with Crippen molar-refractivity contribution in [3.63, 3.8) is 0 Å². The highest BCUT2D eigenvalue weighted by atomic mass is 19.1. The molecule has 0 saturated heterocycles. The van der Waals surface area contributed by atoms with E-state index >= 15 is 0 Å². The highest BCUT2D eigenvalue weighted by Gasteiger charge is 2.16. The summed E-state index contributed by atoms with van der Waals surface area (Å²) in [5, 5.41) is 13.4. The molecule has 5 nitrogen and oxygen atoms in total. The number of hydrogen-bond donors (Lipinski definition) is 1. The zero-order chi connectivity index (χ0) is 15.7. The molecule has 112 valence electrons. The van der Waals surface area contributed by atoms with Gasteiger partial charge in [0.05, 0.1) is 11.2 Å². The molecule has 2 aromatic heterocycles. The van der Waals surface area contributed by atoms with E-state index in [9.17, 15) is 14.3 Å². The number of aromatic carboxylic acids is 1. The summed E-state index contributed by atoms with van der Waals surface area (Å²) in [6.07, 6.45) is 1.62. The van der Waals surface area contributed by atoms with Crippen molar-refractivity contribution < 1.29 is 19.0 Å². The van der Waals surface area contributed by atoms with Crippen LogP contribution in [0.4, 0.5) is 4.39 Å². The number of aryl methyl sites for hydroxylation is 1. The first-order valence-corrected chi connectivity index (χ1v) is 6.65. The van der Waals surface area contributed by atoms with E-state index in [1.165, 1.54) is 10.6 Å². The summed E-state index contributed by atoms with van der Waals surface area (Å²) in [7, 11) is 0. The van der Waals surface area contributed by atoms with Crippen LogP contribution in [-0.2, 0) is 6.61 Å². The minimum absolute atomic E-state index is 0.0678. The Balaban J connectivity index is 1.90. The monoisotopic (exact) mass is 300 g/mol. The van der Waals surface area contributed by atoms with Gasteiger partial charge in [0, 0.05) is 17.8 Å². The average molecular weight is 300 g/mol. The average Bonchev–Trinajstić information content (AvgIpc) is 2.81. The molecule has 22 heavy (non-hydrogen) atoms. The van der Waals surface area contributed by atoms with Crippen molar-refractivity contribution in [2.45, 2.75) is 13.5 Å². The molecule has 0 aliphatic heterocycles. The molecule has 0 radical (unpaired) electrons. The first-order chi connectivity index (χ1) is 10.6. The van der Waals surface area contributed by atoms with E-state index in [0.717, 1.165) is 0 Å². The number of halogens is 1. The maximum atomic E-state index is 13.5. The zero-order valence-electron chi connectivity index (χ0n) is 11.8. The van der Waals surface area contributed by atoms with Gasteiger partial charge >= 0.3 is 5.97 Å². The fraction of sp³-hybridized carbons (Fsp3) is 0.125. The maximum Gasteiger partial charge on any atom is 0.339 e. The Labute approximate surface area is 125 Å². The van der Waals surface area contributed by atoms with Gasteiger partial charge in [0.25, 0.3) is 0 Å². The molecule has 2 heterocycles. The Morgan fingerprint density at radius 3 is 2.86 bits per heavy atom. The quantitative estimate of drug-likeness (QED) is 0.804. The molecule has 0 spiro atoms. The van der Waals surface area contributed by atoms with E-state index in [-0.39, 0.29) is 18.0 Å². The van der Waals surface area contributed by atoms with Crippen molar-refractivity contribution in [2.75, 3.05) is 0 Å². The van der Waals surface area contributed by atoms with Crippen LogP contribution in [0.25, 0.3) is 5.52 Å². The van der Waals surface area contributed by atoms with Gasteiger partial charge in [0.15, 0.2) is 0 Å². The highest BCUT2D eigenvalue weighted by Crippen LogP contribution is 2.21. The van der Waals surface area contributed by atoms with E-state index in [1.54, 1.807) is 43.5 Å². The minimum atomic E-state index is -1.04. The largest absolute Gasteiger partial charge is 0.489 e. The Morgan fingerprint density at radius 1 is 1.36 bits per heavy atom. The summed E-state index contributed by atoms with van der Waals surface area (Å²) < 4.78 is 20.6. The molecule has 0 aliphatic rings. The van der Waals surface area contributed by atoms with Gasteiger partial charge in [-0.1, -0.05) is 18.2 Å². The molecule has 0 aliphatic carbocycles. The Kier molecular flexibility index (Phi) is 3.50. The number of rotatable bonds is 4. The SMILES string of the molecule is Cc1nn2ccc(OCc3ccccc3F)cc2c1C(=O)O. The molecule has 0 fully saturated rings. The van der Waals surface area contributed by atoms with Crippen LogP contribution in [0.15, 0.2) is 42.6 Å². The number of hydrogen-bond acceptors (Lipinski definition) is 3. The van der Waals surface area contributed by atoms with Crippen molar-refractivity contribution in [3.8, 4) is 5.75 Å². The van der Waals surface area contributed by atoms with Gasteiger partial charge in [-0.2, -0.15) is 5.10 Å². The predicted molar refractivity (Wildman–Crippen MR) is 77.6 cm³/mol. The number of nitrogens with zero attached hydrogens (tertiary/aromatic N) is 2. The summed E-state index contributed by atoms with van der Waals surface area (Å²) in [4.78, 5) is 11.3. The molecule has 0 bridgehead atoms. The zero-order valence-corrected chi connectivity index (χ0v) is 11.8. The molecule has 6 heteroatoms. The van der Waals surface area contributed by atoms with Gasteiger partial charge in [0.2, 0.25) is 0 Å². The van der Waals surface area contributed by atoms with Crippen molar-refractivity contribution >= 4 is 11.5 Å². The van der Waals surface area contributed by atoms with Crippen LogP contribution < -0.4 is 4.74 Å². The summed E-state index contributed by atoms with van der Waals surface area (Å²) in [6, 6.07) is 9.59. The van der Waals surface area contributed by atoms with Crippen LogP contribution in [0.5, 0.6) is 5.75 Å². The maximum absolute atomic E-state index is 13.5. The normalized spacial score (nSPS) is 10.8. The second-order valence-corrected chi connectivity index (χ2v) is 4.84. The van der Waals surface area contributed by atoms with Crippen LogP contribution in [0.1, 0.15) is 21.6 Å². The number of pyridine rings is 1. The summed E-state index contributed by atoms with van der Waals surface area (Å²) in [5.74, 6) is -0.924. The smallest absolute Gasteiger partial charge is 0.339 e. The summed E-state index contributed by atoms with van der Waals surface area (Å²) >= 11 is 0. The van der Waals surface area contributed by atoms with Crippen molar-refractivity contribution in [2.24, 2.45) is 0 Å². The molecule has 1 N–H and O–H groups in total. The lowest BCUT2D eigenvalue weighted by Crippen LogP contribution is -2.00. The minimum Gasteiger partial charge on any atom is -0.489 e. The Morgan fingerprint density at radius 2 is 2.14 bits per heavy atom. The summed E-state index contributed by atoms with van der Waals surface area (Å²) in [6.45, 7) is 1.70. The van der Waals surface area contributed by atoms with Crippen molar-refractivity contribution in [3.05, 3.63) is 65.2 Å². The summed E-state index contributed by atoms with van der Waals surface area (Å²) in [5.41, 5.74) is 1.44. The number of carboxylic acid groups (broad SMARTS) is 1. The molecular weight excluding hydrogens is 287 g/mol. The van der Waals surface area contributed by atoms with E-state index in [4.69, 9.17) is 4.74 Å². The molecule has 3 aromatic rings. The van der Waals surface area contributed by atoms with Gasteiger partial charge < -0.3 is 9.84 Å². The van der Waals surface area contributed by atoms with Gasteiger partial charge in [-0.05, 0) is 19.1 Å². The number of benzene rings is 1. The number of ether oxygens (including phenoxy) is 1. The second kappa shape index (κ2) is 5.48. The fourth-order valence-corrected chi connectivity index (χ4v) is 2.27. The van der Waals surface area contributed by atoms with E-state index in [1.807, 2.05) is 0 Å². The lowest BCUT2D eigenvalue weighted by molar-refractivity contribution is 0.0698. The number of carbonyl (C=O) groups is 1. The first kappa shape index (κ1) is 14.1. The molecule has 1 aromatic carbocycles. The van der Waals surface area contributed by atoms with Crippen LogP contribution in [-0.4, -0.2) is 20.7 Å². The number of fused-ring (bicyclic) bond motifs is 1. The lowest BCUT2D eigenvalue weighted by atomic mass is 10.2. The molecule has 0 saturated carbocycles. The van der Waals surface area contributed by atoms with Gasteiger partial charge in [-0.25, -0.2) is 13.7 Å².